The highest BCUT2D eigenvalue weighted by Crippen LogP contribution is 2.43. The van der Waals surface area contributed by atoms with Crippen LogP contribution in [0.15, 0.2) is 24.3 Å². The first-order valence-electron chi connectivity index (χ1n) is 12.7. The van der Waals surface area contributed by atoms with Crippen LogP contribution >= 0.6 is 0 Å². The zero-order chi connectivity index (χ0) is 26.3. The summed E-state index contributed by atoms with van der Waals surface area (Å²) in [6, 6.07) is 6.76. The molecule has 2 aliphatic heterocycles. The molecular formula is C28H43FN2O4. The Morgan fingerprint density at radius 3 is 2.23 bits per heavy atom. The Balaban J connectivity index is 0.000000779. The van der Waals surface area contributed by atoms with Crippen molar-refractivity contribution in [2.24, 2.45) is 5.41 Å². The number of hydrogen-bond donors (Lipinski definition) is 0. The van der Waals surface area contributed by atoms with E-state index in [2.05, 4.69) is 41.2 Å². The molecule has 2 heterocycles. The molecule has 196 valence electrons. The highest BCUT2D eigenvalue weighted by atomic mass is 19.1. The molecule has 3 rings (SSSR count). The van der Waals surface area contributed by atoms with E-state index < -0.39 is 0 Å². The molecule has 0 aromatic heterocycles. The quantitative estimate of drug-likeness (QED) is 0.356. The van der Waals surface area contributed by atoms with Crippen LogP contribution in [0.1, 0.15) is 65.7 Å². The molecule has 1 aromatic carbocycles. The number of terminal acetylenes is 1. The first-order chi connectivity index (χ1) is 16.8. The minimum atomic E-state index is -0.245. The van der Waals surface area contributed by atoms with Gasteiger partial charge in [0.15, 0.2) is 0 Å². The zero-order valence-corrected chi connectivity index (χ0v) is 21.9. The molecular weight excluding hydrogens is 447 g/mol. The van der Waals surface area contributed by atoms with E-state index in [0.29, 0.717) is 0 Å². The van der Waals surface area contributed by atoms with E-state index >= 15 is 0 Å². The molecule has 0 saturated carbocycles. The molecule has 2 atom stereocenters. The molecule has 0 amide bonds. The lowest BCUT2D eigenvalue weighted by atomic mass is 9.76. The predicted octanol–water partition coefficient (Wildman–Crippen LogP) is 5.06. The largest absolute Gasteiger partial charge is 0.469 e. The predicted molar refractivity (Wildman–Crippen MR) is 139 cm³/mol. The third-order valence-electron chi connectivity index (χ3n) is 6.68. The van der Waals surface area contributed by atoms with Gasteiger partial charge in [0, 0.05) is 51.8 Å². The van der Waals surface area contributed by atoms with E-state index in [0.717, 1.165) is 83.4 Å². The maximum Gasteiger partial charge on any atom is 0.312 e. The van der Waals surface area contributed by atoms with Gasteiger partial charge in [-0.15, -0.1) is 12.8 Å². The molecule has 1 aromatic rings. The van der Waals surface area contributed by atoms with Gasteiger partial charge in [0.05, 0.1) is 12.5 Å². The molecule has 2 saturated heterocycles. The lowest BCUT2D eigenvalue weighted by molar-refractivity contribution is -0.149. The van der Waals surface area contributed by atoms with Gasteiger partial charge in [0.1, 0.15) is 11.9 Å². The van der Waals surface area contributed by atoms with Crippen molar-refractivity contribution >= 4 is 17.6 Å². The van der Waals surface area contributed by atoms with Crippen molar-refractivity contribution in [3.63, 3.8) is 0 Å². The number of unbranched alkanes of at least 4 members (excludes halogenated alkanes) is 1. The van der Waals surface area contributed by atoms with Crippen LogP contribution in [0.25, 0.3) is 0 Å². The van der Waals surface area contributed by atoms with Gasteiger partial charge in [-0.3, -0.25) is 14.5 Å². The van der Waals surface area contributed by atoms with Crippen molar-refractivity contribution in [3.05, 3.63) is 30.1 Å². The molecule has 0 spiro atoms. The summed E-state index contributed by atoms with van der Waals surface area (Å²) in [7, 11) is 1.35. The van der Waals surface area contributed by atoms with E-state index in [1.54, 1.807) is 0 Å². The van der Waals surface area contributed by atoms with E-state index in [-0.39, 0.29) is 29.3 Å². The second kappa shape index (κ2) is 16.1. The van der Waals surface area contributed by atoms with Crippen LogP contribution in [-0.4, -0.2) is 62.8 Å². The summed E-state index contributed by atoms with van der Waals surface area (Å²) >= 11 is 0. The first-order valence-corrected chi connectivity index (χ1v) is 12.7. The third-order valence-corrected chi connectivity index (χ3v) is 6.68. The number of carbonyl (C=O) groups is 2. The maximum atomic E-state index is 13.1. The molecule has 0 bridgehead atoms. The van der Waals surface area contributed by atoms with Gasteiger partial charge in [0.2, 0.25) is 0 Å². The maximum absolute atomic E-state index is 13.1. The second-order valence-electron chi connectivity index (χ2n) is 9.15. The Morgan fingerprint density at radius 1 is 1.11 bits per heavy atom. The fourth-order valence-electron chi connectivity index (χ4n) is 4.73. The number of nitrogens with zero attached hydrogens (tertiary/aromatic N) is 2. The van der Waals surface area contributed by atoms with Crippen molar-refractivity contribution in [3.8, 4) is 12.8 Å². The lowest BCUT2D eigenvalue weighted by Crippen LogP contribution is -2.47. The Morgan fingerprint density at radius 2 is 1.71 bits per heavy atom. The van der Waals surface area contributed by atoms with E-state index in [1.165, 1.54) is 26.2 Å². The van der Waals surface area contributed by atoms with Crippen molar-refractivity contribution in [1.29, 1.82) is 0 Å². The van der Waals surface area contributed by atoms with Crippen molar-refractivity contribution in [2.75, 3.05) is 44.7 Å². The van der Waals surface area contributed by atoms with Crippen LogP contribution in [0.2, 0.25) is 0 Å². The highest BCUT2D eigenvalue weighted by molar-refractivity contribution is 5.79. The summed E-state index contributed by atoms with van der Waals surface area (Å²) in [6.45, 7) is 10.6. The average molecular weight is 491 g/mol. The van der Waals surface area contributed by atoms with Gasteiger partial charge >= 0.3 is 11.9 Å². The molecule has 2 aliphatic rings. The minimum Gasteiger partial charge on any atom is -0.469 e. The van der Waals surface area contributed by atoms with Gasteiger partial charge in [-0.1, -0.05) is 33.1 Å². The van der Waals surface area contributed by atoms with Crippen LogP contribution in [-0.2, 0) is 19.1 Å². The van der Waals surface area contributed by atoms with Crippen molar-refractivity contribution in [2.45, 2.75) is 71.8 Å². The number of benzene rings is 1. The van der Waals surface area contributed by atoms with Crippen LogP contribution in [0.3, 0.4) is 0 Å². The minimum absolute atomic E-state index is 0.0499. The molecule has 1 unspecified atom stereocenters. The lowest BCUT2D eigenvalue weighted by Gasteiger charge is -2.36. The number of piperazine rings is 1. The molecule has 6 nitrogen and oxygen atoms in total. The Hall–Kier alpha value is -2.59. The Labute approximate surface area is 211 Å². The standard InChI is InChI=1S/C23H35FN2O2.C3H6O2.C2H2/c1-3-5-12-23(11-4-2)18-21(28-22(23)27)10-13-25-14-16-26(17-15-25)20-8-6-19(24)7-9-20;1-3(4)5-2;1-2/h6-9,21H,3-5,10-18H2,1-2H3;1-2H3;1-2H/t21-,23?;;/m0../s1. The summed E-state index contributed by atoms with van der Waals surface area (Å²) in [5.41, 5.74) is 0.863. The van der Waals surface area contributed by atoms with E-state index in [9.17, 15) is 14.0 Å². The van der Waals surface area contributed by atoms with E-state index in [4.69, 9.17) is 4.74 Å². The number of ether oxygens (including phenoxy) is 2. The Bertz CT molecular complexity index is 775. The monoisotopic (exact) mass is 490 g/mol. The van der Waals surface area contributed by atoms with Gasteiger partial charge in [-0.05, 0) is 43.5 Å². The summed E-state index contributed by atoms with van der Waals surface area (Å²) in [6.07, 6.45) is 15.1. The first kappa shape index (κ1) is 30.4. The van der Waals surface area contributed by atoms with Gasteiger partial charge in [-0.25, -0.2) is 4.39 Å². The van der Waals surface area contributed by atoms with Crippen LogP contribution in [0.5, 0.6) is 0 Å². The number of rotatable bonds is 9. The van der Waals surface area contributed by atoms with Crippen LogP contribution < -0.4 is 4.90 Å². The normalized spacial score (nSPS) is 21.7. The highest BCUT2D eigenvalue weighted by Gasteiger charge is 2.47. The molecule has 0 aliphatic carbocycles. The van der Waals surface area contributed by atoms with Crippen molar-refractivity contribution < 1.29 is 23.5 Å². The molecule has 7 heteroatoms. The second-order valence-corrected chi connectivity index (χ2v) is 9.15. The van der Waals surface area contributed by atoms with Gasteiger partial charge < -0.3 is 14.4 Å². The average Bonchev–Trinajstić information content (AvgIpc) is 3.19. The number of cyclic esters (lactones) is 1. The number of carbonyl (C=O) groups excluding carboxylic acids is 2. The Kier molecular flexibility index (Phi) is 14.0. The van der Waals surface area contributed by atoms with Crippen LogP contribution in [0, 0.1) is 24.1 Å². The van der Waals surface area contributed by atoms with Gasteiger partial charge in [-0.2, -0.15) is 0 Å². The number of hydrogen-bond acceptors (Lipinski definition) is 6. The smallest absolute Gasteiger partial charge is 0.312 e. The summed E-state index contributed by atoms with van der Waals surface area (Å²) in [5, 5.41) is 0. The summed E-state index contributed by atoms with van der Waals surface area (Å²) < 4.78 is 23.0. The molecule has 35 heavy (non-hydrogen) atoms. The molecule has 0 radical (unpaired) electrons. The topological polar surface area (TPSA) is 59.1 Å². The number of esters is 2. The zero-order valence-electron chi connectivity index (χ0n) is 21.9. The van der Waals surface area contributed by atoms with Crippen LogP contribution in [0.4, 0.5) is 10.1 Å². The van der Waals surface area contributed by atoms with Gasteiger partial charge in [0.25, 0.3) is 0 Å². The summed E-state index contributed by atoms with van der Waals surface area (Å²) in [5.74, 6) is -0.384. The fraction of sp³-hybridized carbons (Fsp3) is 0.643. The van der Waals surface area contributed by atoms with E-state index in [1.807, 2.05) is 12.1 Å². The molecule has 0 N–H and O–H groups in total. The fourth-order valence-corrected chi connectivity index (χ4v) is 4.73. The number of anilines is 1. The third kappa shape index (κ3) is 9.89. The molecule has 2 fully saturated rings. The number of methoxy groups -OCH3 is 1. The number of halogens is 1. The van der Waals surface area contributed by atoms with Crippen molar-refractivity contribution in [1.82, 2.24) is 4.90 Å². The SMILES string of the molecule is C#C.CCCCC1(CCC)C[C@H](CCN2CCN(c3ccc(F)cc3)CC2)OC1=O.COC(C)=O. The summed E-state index contributed by atoms with van der Waals surface area (Å²) in [4.78, 5) is 27.0.